The highest BCUT2D eigenvalue weighted by molar-refractivity contribution is 5.86. The van der Waals surface area contributed by atoms with E-state index < -0.39 is 17.3 Å². The summed E-state index contributed by atoms with van der Waals surface area (Å²) in [6.07, 6.45) is 1.78. The Balaban J connectivity index is 2.12. The number of nitrogens with zero attached hydrogens (tertiary/aromatic N) is 1. The first-order chi connectivity index (χ1) is 12.3. The molecule has 2 heterocycles. The maximum absolute atomic E-state index is 13.4. The van der Waals surface area contributed by atoms with Gasteiger partial charge in [-0.3, -0.25) is 4.79 Å². The molecule has 0 bridgehead atoms. The molecule has 2 aromatic rings. The van der Waals surface area contributed by atoms with Crippen LogP contribution in [0.2, 0.25) is 0 Å². The summed E-state index contributed by atoms with van der Waals surface area (Å²) in [7, 11) is 0. The number of aromatic amines is 1. The average Bonchev–Trinajstić information content (AvgIpc) is 2.96. The summed E-state index contributed by atoms with van der Waals surface area (Å²) >= 11 is 0. The summed E-state index contributed by atoms with van der Waals surface area (Å²) in [5.41, 5.74) is -0.542. The molecule has 0 amide bonds. The molecule has 6 heteroatoms. The minimum absolute atomic E-state index is 0.0620. The first-order valence-electron chi connectivity index (χ1n) is 9.37. The van der Waals surface area contributed by atoms with Crippen molar-refractivity contribution in [3.63, 3.8) is 0 Å². The molecule has 0 unspecified atom stereocenters. The van der Waals surface area contributed by atoms with Crippen molar-refractivity contribution in [1.29, 1.82) is 0 Å². The van der Waals surface area contributed by atoms with Crippen molar-refractivity contribution in [2.24, 2.45) is 0 Å². The van der Waals surface area contributed by atoms with Crippen LogP contribution < -0.4 is 10.5 Å². The molecule has 3 nitrogen and oxygen atoms in total. The summed E-state index contributed by atoms with van der Waals surface area (Å²) in [6.45, 7) is 4.27. The number of fused-ring (bicyclic) bond motifs is 1. The Bertz CT molecular complexity index is 814. The Kier molecular flexibility index (Phi) is 5.30. The standard InChI is InChI=1S/C20H25F3N2O/c1-3-5-13-7-8-14(6-4-2)25(13)15-9-10-18-16(11-15)17(20(21,22)23)12-19(26)24-18/h9-14H,3-8H2,1-2H3,(H,24,26)/t13-,14-/m0/s1. The van der Waals surface area contributed by atoms with Gasteiger partial charge >= 0.3 is 6.18 Å². The molecule has 1 N–H and O–H groups in total. The van der Waals surface area contributed by atoms with Crippen molar-refractivity contribution >= 4 is 16.6 Å². The van der Waals surface area contributed by atoms with Crippen LogP contribution in [0.15, 0.2) is 29.1 Å². The summed E-state index contributed by atoms with van der Waals surface area (Å²) in [5.74, 6) is 0. The van der Waals surface area contributed by atoms with Gasteiger partial charge in [-0.1, -0.05) is 26.7 Å². The lowest BCUT2D eigenvalue weighted by atomic mass is 10.1. The van der Waals surface area contributed by atoms with E-state index >= 15 is 0 Å². The zero-order chi connectivity index (χ0) is 18.9. The number of benzene rings is 1. The van der Waals surface area contributed by atoms with Gasteiger partial charge in [0.15, 0.2) is 0 Å². The Morgan fingerprint density at radius 2 is 1.69 bits per heavy atom. The van der Waals surface area contributed by atoms with Crippen LogP contribution in [0.5, 0.6) is 0 Å². The molecule has 1 fully saturated rings. The number of hydrogen-bond donors (Lipinski definition) is 1. The second kappa shape index (κ2) is 7.33. The van der Waals surface area contributed by atoms with Gasteiger partial charge in [0.2, 0.25) is 5.56 Å². The second-order valence-electron chi connectivity index (χ2n) is 7.14. The van der Waals surface area contributed by atoms with E-state index in [1.165, 1.54) is 0 Å². The summed E-state index contributed by atoms with van der Waals surface area (Å²) < 4.78 is 40.3. The average molecular weight is 366 g/mol. The molecule has 1 saturated heterocycles. The Labute approximate surface area is 151 Å². The third kappa shape index (κ3) is 3.60. The minimum Gasteiger partial charge on any atom is -0.366 e. The highest BCUT2D eigenvalue weighted by atomic mass is 19.4. The molecule has 2 atom stereocenters. The van der Waals surface area contributed by atoms with Crippen LogP contribution in [0.1, 0.15) is 57.9 Å². The van der Waals surface area contributed by atoms with Crippen LogP contribution in [0.4, 0.5) is 18.9 Å². The quantitative estimate of drug-likeness (QED) is 0.760. The minimum atomic E-state index is -4.55. The normalized spacial score (nSPS) is 20.9. The number of rotatable bonds is 5. The molecule has 0 aliphatic carbocycles. The van der Waals surface area contributed by atoms with Crippen LogP contribution in [0, 0.1) is 0 Å². The fourth-order valence-corrected chi connectivity index (χ4v) is 4.25. The summed E-state index contributed by atoms with van der Waals surface area (Å²) in [4.78, 5) is 16.4. The Morgan fingerprint density at radius 3 is 2.23 bits per heavy atom. The lowest BCUT2D eigenvalue weighted by Gasteiger charge is -2.33. The number of hydrogen-bond acceptors (Lipinski definition) is 2. The summed E-state index contributed by atoms with van der Waals surface area (Å²) in [5, 5.41) is 0.0620. The van der Waals surface area contributed by atoms with Crippen molar-refractivity contribution in [1.82, 2.24) is 4.98 Å². The van der Waals surface area contributed by atoms with E-state index in [1.54, 1.807) is 12.1 Å². The molecule has 1 aliphatic heterocycles. The van der Waals surface area contributed by atoms with Crippen LogP contribution in [0.25, 0.3) is 10.9 Å². The third-order valence-corrected chi connectivity index (χ3v) is 5.29. The lowest BCUT2D eigenvalue weighted by Crippen LogP contribution is -2.36. The predicted molar refractivity (Wildman–Crippen MR) is 98.7 cm³/mol. The van der Waals surface area contributed by atoms with Crippen LogP contribution >= 0.6 is 0 Å². The van der Waals surface area contributed by atoms with Crippen molar-refractivity contribution in [3.05, 3.63) is 40.2 Å². The van der Waals surface area contributed by atoms with E-state index in [4.69, 9.17) is 0 Å². The lowest BCUT2D eigenvalue weighted by molar-refractivity contribution is -0.136. The SMILES string of the molecule is CCC[C@H]1CC[C@H](CCC)N1c1ccc2[nH]c(=O)cc(C(F)(F)F)c2c1. The van der Waals surface area contributed by atoms with Gasteiger partial charge in [-0.15, -0.1) is 0 Å². The molecule has 3 rings (SSSR count). The largest absolute Gasteiger partial charge is 0.417 e. The van der Waals surface area contributed by atoms with E-state index in [0.29, 0.717) is 18.2 Å². The molecule has 1 aromatic carbocycles. The van der Waals surface area contributed by atoms with E-state index in [1.807, 2.05) is 6.07 Å². The fourth-order valence-electron chi connectivity index (χ4n) is 4.25. The number of aromatic nitrogens is 1. The number of anilines is 1. The van der Waals surface area contributed by atoms with Crippen molar-refractivity contribution < 1.29 is 13.2 Å². The molecule has 142 valence electrons. The van der Waals surface area contributed by atoms with Gasteiger partial charge in [0.05, 0.1) is 5.56 Å². The van der Waals surface area contributed by atoms with E-state index in [9.17, 15) is 18.0 Å². The van der Waals surface area contributed by atoms with Crippen LogP contribution in [-0.2, 0) is 6.18 Å². The molecule has 0 saturated carbocycles. The maximum Gasteiger partial charge on any atom is 0.417 e. The molecule has 1 aliphatic rings. The fraction of sp³-hybridized carbons (Fsp3) is 0.550. The van der Waals surface area contributed by atoms with E-state index in [-0.39, 0.29) is 10.9 Å². The first kappa shape index (κ1) is 18.8. The first-order valence-corrected chi connectivity index (χ1v) is 9.37. The molecular formula is C20H25F3N2O. The van der Waals surface area contributed by atoms with Gasteiger partial charge in [0.25, 0.3) is 0 Å². The topological polar surface area (TPSA) is 36.1 Å². The number of H-pyrrole nitrogens is 1. The molecule has 0 radical (unpaired) electrons. The maximum atomic E-state index is 13.4. The Morgan fingerprint density at radius 1 is 1.08 bits per heavy atom. The van der Waals surface area contributed by atoms with Gasteiger partial charge < -0.3 is 9.88 Å². The molecule has 26 heavy (non-hydrogen) atoms. The van der Waals surface area contributed by atoms with Gasteiger partial charge in [-0.2, -0.15) is 13.2 Å². The van der Waals surface area contributed by atoms with Gasteiger partial charge in [-0.05, 0) is 43.9 Å². The monoisotopic (exact) mass is 366 g/mol. The molecule has 1 aromatic heterocycles. The Hall–Kier alpha value is -1.98. The number of halogens is 3. The summed E-state index contributed by atoms with van der Waals surface area (Å²) in [6, 6.07) is 6.44. The van der Waals surface area contributed by atoms with Crippen LogP contribution in [0.3, 0.4) is 0 Å². The molecule has 0 spiro atoms. The highest BCUT2D eigenvalue weighted by Crippen LogP contribution is 2.38. The van der Waals surface area contributed by atoms with Crippen molar-refractivity contribution in [2.45, 2.75) is 70.6 Å². The molecular weight excluding hydrogens is 341 g/mol. The van der Waals surface area contributed by atoms with Gasteiger partial charge in [0, 0.05) is 34.7 Å². The van der Waals surface area contributed by atoms with E-state index in [2.05, 4.69) is 23.7 Å². The van der Waals surface area contributed by atoms with Crippen LogP contribution in [-0.4, -0.2) is 17.1 Å². The third-order valence-electron chi connectivity index (χ3n) is 5.29. The highest BCUT2D eigenvalue weighted by Gasteiger charge is 2.35. The van der Waals surface area contributed by atoms with Gasteiger partial charge in [-0.25, -0.2) is 0 Å². The predicted octanol–water partition coefficient (Wildman–Crippen LogP) is 5.48. The zero-order valence-corrected chi connectivity index (χ0v) is 15.2. The number of pyridine rings is 1. The van der Waals surface area contributed by atoms with E-state index in [0.717, 1.165) is 44.2 Å². The zero-order valence-electron chi connectivity index (χ0n) is 15.2. The van der Waals surface area contributed by atoms with Crippen molar-refractivity contribution in [2.75, 3.05) is 4.90 Å². The second-order valence-corrected chi connectivity index (χ2v) is 7.14. The smallest absolute Gasteiger partial charge is 0.366 e. The number of alkyl halides is 3. The number of nitrogens with one attached hydrogen (secondary N) is 1. The van der Waals surface area contributed by atoms with Gasteiger partial charge in [0.1, 0.15) is 0 Å². The van der Waals surface area contributed by atoms with Crippen molar-refractivity contribution in [3.8, 4) is 0 Å².